The van der Waals surface area contributed by atoms with Crippen LogP contribution in [0.15, 0.2) is 24.3 Å². The molecule has 0 saturated carbocycles. The lowest BCUT2D eigenvalue weighted by Crippen LogP contribution is -2.23. The molecule has 0 aromatic heterocycles. The van der Waals surface area contributed by atoms with E-state index in [2.05, 4.69) is 5.32 Å². The Labute approximate surface area is 81.3 Å². The molecule has 0 spiro atoms. The first-order valence-electron chi connectivity index (χ1n) is 3.90. The van der Waals surface area contributed by atoms with Crippen molar-refractivity contribution in [2.24, 2.45) is 0 Å². The van der Waals surface area contributed by atoms with Crippen LogP contribution in [0, 0.1) is 0 Å². The third-order valence-corrected chi connectivity index (χ3v) is 2.00. The molecule has 70 valence electrons. The molecule has 0 saturated heterocycles. The predicted octanol–water partition coefficient (Wildman–Crippen LogP) is 2.15. The molecule has 0 radical (unpaired) electrons. The molecule has 4 heteroatoms. The third kappa shape index (κ3) is 3.34. The van der Waals surface area contributed by atoms with E-state index in [0.717, 1.165) is 5.56 Å². The number of carbonyl (C=O) groups is 1. The number of amides is 1. The zero-order chi connectivity index (χ0) is 9.68. The number of hydrogen-bond acceptors (Lipinski definition) is 1. The van der Waals surface area contributed by atoms with E-state index in [4.69, 9.17) is 16.7 Å². The fourth-order valence-corrected chi connectivity index (χ4v) is 1.24. The Hall–Kier alpha value is -1.22. The highest BCUT2D eigenvalue weighted by molar-refractivity contribution is 6.31. The lowest BCUT2D eigenvalue weighted by molar-refractivity contribution is 0.194. The molecule has 1 amide bonds. The van der Waals surface area contributed by atoms with Crippen molar-refractivity contribution in [2.75, 3.05) is 6.54 Å². The molecule has 1 rings (SSSR count). The predicted molar refractivity (Wildman–Crippen MR) is 51.2 cm³/mol. The second-order valence-corrected chi connectivity index (χ2v) is 2.98. The van der Waals surface area contributed by atoms with Gasteiger partial charge in [0.1, 0.15) is 0 Å². The summed E-state index contributed by atoms with van der Waals surface area (Å²) in [5, 5.41) is 11.3. The number of halogens is 1. The molecule has 2 N–H and O–H groups in total. The Morgan fingerprint density at radius 1 is 1.46 bits per heavy atom. The van der Waals surface area contributed by atoms with E-state index in [1.54, 1.807) is 6.07 Å². The normalized spacial score (nSPS) is 9.62. The highest BCUT2D eigenvalue weighted by Crippen LogP contribution is 2.14. The summed E-state index contributed by atoms with van der Waals surface area (Å²) in [6.45, 7) is 0.388. The summed E-state index contributed by atoms with van der Waals surface area (Å²) in [6.07, 6.45) is -0.390. The van der Waals surface area contributed by atoms with E-state index in [1.165, 1.54) is 0 Å². The zero-order valence-electron chi connectivity index (χ0n) is 6.96. The summed E-state index contributed by atoms with van der Waals surface area (Å²) in [7, 11) is 0. The number of nitrogens with one attached hydrogen (secondary N) is 1. The van der Waals surface area contributed by atoms with Gasteiger partial charge in [-0.1, -0.05) is 29.8 Å². The van der Waals surface area contributed by atoms with Crippen molar-refractivity contribution in [2.45, 2.75) is 6.42 Å². The average molecular weight is 200 g/mol. The molecular weight excluding hydrogens is 190 g/mol. The lowest BCUT2D eigenvalue weighted by Gasteiger charge is -2.03. The monoisotopic (exact) mass is 199 g/mol. The molecule has 0 fully saturated rings. The van der Waals surface area contributed by atoms with Gasteiger partial charge in [-0.2, -0.15) is 0 Å². The van der Waals surface area contributed by atoms with Crippen LogP contribution in [0.4, 0.5) is 4.79 Å². The van der Waals surface area contributed by atoms with E-state index >= 15 is 0 Å². The minimum absolute atomic E-state index is 0.388. The Bertz CT molecular complexity index is 301. The number of hydrogen-bond donors (Lipinski definition) is 2. The fourth-order valence-electron chi connectivity index (χ4n) is 1.01. The quantitative estimate of drug-likeness (QED) is 0.784. The van der Waals surface area contributed by atoms with Crippen molar-refractivity contribution in [1.82, 2.24) is 5.32 Å². The Kier molecular flexibility index (Phi) is 3.58. The SMILES string of the molecule is O=C(O)NCCc1ccccc1Cl. The van der Waals surface area contributed by atoms with Gasteiger partial charge < -0.3 is 10.4 Å². The van der Waals surface area contributed by atoms with Gasteiger partial charge in [-0.3, -0.25) is 0 Å². The van der Waals surface area contributed by atoms with Crippen molar-refractivity contribution in [3.8, 4) is 0 Å². The lowest BCUT2D eigenvalue weighted by atomic mass is 10.1. The highest BCUT2D eigenvalue weighted by Gasteiger charge is 1.99. The fraction of sp³-hybridized carbons (Fsp3) is 0.222. The van der Waals surface area contributed by atoms with Crippen molar-refractivity contribution in [3.05, 3.63) is 34.9 Å². The first-order chi connectivity index (χ1) is 6.20. The van der Waals surface area contributed by atoms with Gasteiger partial charge >= 0.3 is 6.09 Å². The topological polar surface area (TPSA) is 49.3 Å². The smallest absolute Gasteiger partial charge is 0.404 e. The van der Waals surface area contributed by atoms with Crippen molar-refractivity contribution in [1.29, 1.82) is 0 Å². The molecule has 0 heterocycles. The van der Waals surface area contributed by atoms with Crippen LogP contribution in [-0.4, -0.2) is 17.7 Å². The maximum atomic E-state index is 10.1. The van der Waals surface area contributed by atoms with Gasteiger partial charge in [0.05, 0.1) is 0 Å². The first kappa shape index (κ1) is 9.86. The number of rotatable bonds is 3. The molecule has 1 aromatic rings. The third-order valence-electron chi connectivity index (χ3n) is 1.63. The maximum Gasteiger partial charge on any atom is 0.404 e. The summed E-state index contributed by atoms with van der Waals surface area (Å²) >= 11 is 5.86. The van der Waals surface area contributed by atoms with E-state index < -0.39 is 6.09 Å². The molecule has 0 bridgehead atoms. The average Bonchev–Trinajstić information content (AvgIpc) is 2.08. The minimum Gasteiger partial charge on any atom is -0.465 e. The Morgan fingerprint density at radius 3 is 2.77 bits per heavy atom. The molecule has 0 aliphatic heterocycles. The van der Waals surface area contributed by atoms with Gasteiger partial charge in [-0.15, -0.1) is 0 Å². The van der Waals surface area contributed by atoms with E-state index in [1.807, 2.05) is 18.2 Å². The van der Waals surface area contributed by atoms with Gasteiger partial charge in [-0.25, -0.2) is 4.79 Å². The molecule has 3 nitrogen and oxygen atoms in total. The zero-order valence-corrected chi connectivity index (χ0v) is 7.71. The molecule has 13 heavy (non-hydrogen) atoms. The van der Waals surface area contributed by atoms with Gasteiger partial charge in [0, 0.05) is 11.6 Å². The Morgan fingerprint density at radius 2 is 2.15 bits per heavy atom. The van der Waals surface area contributed by atoms with Crippen LogP contribution in [0.25, 0.3) is 0 Å². The standard InChI is InChI=1S/C9H10ClNO2/c10-8-4-2-1-3-7(8)5-6-11-9(12)13/h1-4,11H,5-6H2,(H,12,13). The van der Waals surface area contributed by atoms with Crippen LogP contribution >= 0.6 is 11.6 Å². The summed E-state index contributed by atoms with van der Waals surface area (Å²) < 4.78 is 0. The number of carboxylic acid groups (broad SMARTS) is 1. The highest BCUT2D eigenvalue weighted by atomic mass is 35.5. The summed E-state index contributed by atoms with van der Waals surface area (Å²) in [5.74, 6) is 0. The van der Waals surface area contributed by atoms with Crippen LogP contribution in [-0.2, 0) is 6.42 Å². The molecule has 1 aromatic carbocycles. The molecule has 0 atom stereocenters. The summed E-state index contributed by atoms with van der Waals surface area (Å²) in [5.41, 5.74) is 0.956. The van der Waals surface area contributed by atoms with Crippen LogP contribution < -0.4 is 5.32 Å². The Balaban J connectivity index is 2.45. The van der Waals surface area contributed by atoms with E-state index in [-0.39, 0.29) is 0 Å². The molecule has 0 aliphatic carbocycles. The first-order valence-corrected chi connectivity index (χ1v) is 4.28. The van der Waals surface area contributed by atoms with Crippen molar-refractivity contribution >= 4 is 17.7 Å². The second kappa shape index (κ2) is 4.72. The van der Waals surface area contributed by atoms with Crippen LogP contribution in [0.2, 0.25) is 5.02 Å². The van der Waals surface area contributed by atoms with Gasteiger partial charge in [-0.05, 0) is 18.1 Å². The van der Waals surface area contributed by atoms with Gasteiger partial charge in [0.25, 0.3) is 0 Å². The van der Waals surface area contributed by atoms with Crippen LogP contribution in [0.5, 0.6) is 0 Å². The van der Waals surface area contributed by atoms with Crippen molar-refractivity contribution in [3.63, 3.8) is 0 Å². The molecular formula is C9H10ClNO2. The second-order valence-electron chi connectivity index (χ2n) is 2.57. The van der Waals surface area contributed by atoms with Gasteiger partial charge in [0.2, 0.25) is 0 Å². The summed E-state index contributed by atoms with van der Waals surface area (Å²) in [4.78, 5) is 10.1. The molecule has 0 aliphatic rings. The van der Waals surface area contributed by atoms with Crippen LogP contribution in [0.3, 0.4) is 0 Å². The minimum atomic E-state index is -1.01. The summed E-state index contributed by atoms with van der Waals surface area (Å²) in [6, 6.07) is 7.39. The van der Waals surface area contributed by atoms with Gasteiger partial charge in [0.15, 0.2) is 0 Å². The maximum absolute atomic E-state index is 10.1. The van der Waals surface area contributed by atoms with E-state index in [9.17, 15) is 4.79 Å². The van der Waals surface area contributed by atoms with Crippen LogP contribution in [0.1, 0.15) is 5.56 Å². The van der Waals surface area contributed by atoms with Crippen molar-refractivity contribution < 1.29 is 9.90 Å². The van der Waals surface area contributed by atoms with E-state index in [0.29, 0.717) is 18.0 Å². The number of benzene rings is 1. The molecule has 0 unspecified atom stereocenters. The largest absolute Gasteiger partial charge is 0.465 e.